The van der Waals surface area contributed by atoms with Crippen LogP contribution in [0, 0.1) is 6.92 Å². The van der Waals surface area contributed by atoms with Crippen LogP contribution in [0.2, 0.25) is 0 Å². The monoisotopic (exact) mass is 465 g/mol. The molecule has 180 valence electrons. The molecule has 2 rings (SSSR count). The third-order valence-electron chi connectivity index (χ3n) is 5.30. The van der Waals surface area contributed by atoms with E-state index in [1.165, 1.54) is 16.9 Å². The van der Waals surface area contributed by atoms with E-state index in [1.807, 2.05) is 49.4 Å². The minimum Gasteiger partial charge on any atom is -0.495 e. The predicted octanol–water partition coefficient (Wildman–Crippen LogP) is 4.20. The number of urea groups is 1. The molecule has 0 heterocycles. The fourth-order valence-corrected chi connectivity index (χ4v) is 3.21. The Morgan fingerprint density at radius 2 is 1.76 bits per heavy atom. The summed E-state index contributed by atoms with van der Waals surface area (Å²) in [5.74, 6) is -0.642. The first kappa shape index (κ1) is 26.2. The number of benzene rings is 2. The van der Waals surface area contributed by atoms with Gasteiger partial charge < -0.3 is 20.1 Å². The molecule has 0 aliphatic rings. The number of carboxylic acids is 1. The van der Waals surface area contributed by atoms with Crippen molar-refractivity contribution < 1.29 is 24.2 Å². The van der Waals surface area contributed by atoms with Gasteiger partial charge in [-0.25, -0.2) is 4.79 Å². The van der Waals surface area contributed by atoms with Gasteiger partial charge in [0.1, 0.15) is 5.76 Å². The minimum absolute atomic E-state index is 0.254. The largest absolute Gasteiger partial charge is 0.495 e. The number of amides is 3. The quantitative estimate of drug-likeness (QED) is 0.294. The maximum absolute atomic E-state index is 12.9. The summed E-state index contributed by atoms with van der Waals surface area (Å²) in [6.07, 6.45) is 3.63. The van der Waals surface area contributed by atoms with Crippen LogP contribution >= 0.6 is 0 Å². The maximum atomic E-state index is 12.9. The molecule has 0 radical (unpaired) electrons. The Bertz CT molecular complexity index is 1030. The summed E-state index contributed by atoms with van der Waals surface area (Å²) in [6, 6.07) is 15.7. The van der Waals surface area contributed by atoms with Crippen LogP contribution in [-0.2, 0) is 20.9 Å². The molecule has 0 bridgehead atoms. The van der Waals surface area contributed by atoms with Crippen LogP contribution in [0.1, 0.15) is 36.1 Å². The Hall–Kier alpha value is -4.07. The van der Waals surface area contributed by atoms with E-state index in [4.69, 9.17) is 4.74 Å². The number of hydrogen-bond donors (Lipinski definition) is 2. The summed E-state index contributed by atoms with van der Waals surface area (Å²) in [5.41, 5.74) is 3.19. The molecule has 1 unspecified atom stereocenters. The summed E-state index contributed by atoms with van der Waals surface area (Å²) >= 11 is 0. The smallest absolute Gasteiger partial charge is 0.321 e. The van der Waals surface area contributed by atoms with Crippen molar-refractivity contribution in [3.8, 4) is 0 Å². The molecule has 3 amide bonds. The molecule has 2 aromatic rings. The molecular formula is C26H31N3O5. The summed E-state index contributed by atoms with van der Waals surface area (Å²) in [7, 11) is 3.03. The molecule has 0 aliphatic carbocycles. The van der Waals surface area contributed by atoms with Gasteiger partial charge in [0.05, 0.1) is 25.3 Å². The first-order chi connectivity index (χ1) is 16.2. The average Bonchev–Trinajstić information content (AvgIpc) is 2.83. The van der Waals surface area contributed by atoms with Gasteiger partial charge in [-0.05, 0) is 31.1 Å². The van der Waals surface area contributed by atoms with Crippen molar-refractivity contribution in [2.75, 3.05) is 14.2 Å². The average molecular weight is 466 g/mol. The molecule has 0 aliphatic heterocycles. The van der Waals surface area contributed by atoms with Crippen LogP contribution in [0.4, 0.5) is 4.79 Å². The van der Waals surface area contributed by atoms with Gasteiger partial charge in [-0.15, -0.1) is 0 Å². The number of carboxylic acid groups (broad SMARTS) is 1. The van der Waals surface area contributed by atoms with Crippen LogP contribution < -0.4 is 5.32 Å². The van der Waals surface area contributed by atoms with Gasteiger partial charge >= 0.3 is 12.0 Å². The van der Waals surface area contributed by atoms with E-state index < -0.39 is 18.0 Å². The van der Waals surface area contributed by atoms with E-state index in [2.05, 4.69) is 5.32 Å². The molecule has 8 nitrogen and oxygen atoms in total. The van der Waals surface area contributed by atoms with Crippen molar-refractivity contribution in [1.29, 1.82) is 0 Å². The van der Waals surface area contributed by atoms with Gasteiger partial charge in [0.2, 0.25) is 6.41 Å². The van der Waals surface area contributed by atoms with Crippen molar-refractivity contribution in [2.24, 2.45) is 0 Å². The Morgan fingerprint density at radius 3 is 2.32 bits per heavy atom. The highest BCUT2D eigenvalue weighted by Crippen LogP contribution is 2.19. The van der Waals surface area contributed by atoms with Crippen LogP contribution in [-0.4, -0.2) is 47.5 Å². The molecule has 34 heavy (non-hydrogen) atoms. The number of hydrogen-bond acceptors (Lipinski definition) is 4. The Balaban J connectivity index is 2.16. The fourth-order valence-electron chi connectivity index (χ4n) is 3.21. The highest BCUT2D eigenvalue weighted by atomic mass is 16.5. The molecule has 8 heteroatoms. The van der Waals surface area contributed by atoms with Crippen molar-refractivity contribution in [1.82, 2.24) is 15.1 Å². The molecule has 2 N–H and O–H groups in total. The van der Waals surface area contributed by atoms with Gasteiger partial charge in [0.15, 0.2) is 0 Å². The molecule has 1 atom stereocenters. The molecule has 0 aromatic heterocycles. The second kappa shape index (κ2) is 12.8. The predicted molar refractivity (Wildman–Crippen MR) is 129 cm³/mol. The van der Waals surface area contributed by atoms with Crippen LogP contribution in [0.3, 0.4) is 0 Å². The Kier molecular flexibility index (Phi) is 9.89. The molecule has 0 fully saturated rings. The number of nitrogens with zero attached hydrogens (tertiary/aromatic N) is 2. The molecule has 0 saturated heterocycles. The topological polar surface area (TPSA) is 99.2 Å². The third kappa shape index (κ3) is 7.81. The number of carbonyl (C=O) groups excluding carboxylic acids is 2. The van der Waals surface area contributed by atoms with E-state index >= 15 is 0 Å². The lowest BCUT2D eigenvalue weighted by Crippen LogP contribution is -2.39. The molecular weight excluding hydrogens is 434 g/mol. The second-order valence-electron chi connectivity index (χ2n) is 7.80. The van der Waals surface area contributed by atoms with E-state index in [-0.39, 0.29) is 6.42 Å². The third-order valence-corrected chi connectivity index (χ3v) is 5.30. The van der Waals surface area contributed by atoms with Crippen molar-refractivity contribution >= 4 is 18.4 Å². The normalized spacial score (nSPS) is 12.5. The summed E-state index contributed by atoms with van der Waals surface area (Å²) < 4.78 is 5.43. The van der Waals surface area contributed by atoms with E-state index in [0.29, 0.717) is 30.0 Å². The second-order valence-corrected chi connectivity index (χ2v) is 7.80. The van der Waals surface area contributed by atoms with Gasteiger partial charge in [0, 0.05) is 19.8 Å². The number of aliphatic carboxylic acids is 1. The number of nitrogens with one attached hydrogen (secondary N) is 1. The number of methoxy groups -OCH3 is 1. The van der Waals surface area contributed by atoms with Gasteiger partial charge in [-0.3, -0.25) is 14.5 Å². The zero-order valence-electron chi connectivity index (χ0n) is 19.9. The lowest BCUT2D eigenvalue weighted by Gasteiger charge is -2.24. The first-order valence-electron chi connectivity index (χ1n) is 10.8. The number of carbonyl (C=O) groups is 3. The van der Waals surface area contributed by atoms with Crippen LogP contribution in [0.5, 0.6) is 0 Å². The lowest BCUT2D eigenvalue weighted by atomic mass is 10.0. The van der Waals surface area contributed by atoms with E-state index in [0.717, 1.165) is 11.1 Å². The Morgan fingerprint density at radius 1 is 1.12 bits per heavy atom. The van der Waals surface area contributed by atoms with E-state index in [1.54, 1.807) is 38.4 Å². The van der Waals surface area contributed by atoms with Crippen molar-refractivity contribution in [3.05, 3.63) is 95.0 Å². The minimum atomic E-state index is -1.02. The highest BCUT2D eigenvalue weighted by Gasteiger charge is 2.21. The van der Waals surface area contributed by atoms with Gasteiger partial charge in [0.25, 0.3) is 0 Å². The lowest BCUT2D eigenvalue weighted by molar-refractivity contribution is -0.137. The van der Waals surface area contributed by atoms with Gasteiger partial charge in [-0.1, -0.05) is 60.2 Å². The van der Waals surface area contributed by atoms with E-state index in [9.17, 15) is 19.5 Å². The van der Waals surface area contributed by atoms with Gasteiger partial charge in [-0.2, -0.15) is 0 Å². The zero-order chi connectivity index (χ0) is 25.1. The zero-order valence-corrected chi connectivity index (χ0v) is 19.9. The molecule has 0 spiro atoms. The summed E-state index contributed by atoms with van der Waals surface area (Å²) in [6.45, 7) is 4.02. The van der Waals surface area contributed by atoms with Crippen molar-refractivity contribution in [3.63, 3.8) is 0 Å². The number of aryl methyl sites for hydroxylation is 1. The van der Waals surface area contributed by atoms with Crippen LogP contribution in [0.25, 0.3) is 0 Å². The SMILES string of the molecule is COC(/C=C\N(C=O)Cc1ccccc1)=C(/C)N(C)C(=O)NC(CC(=O)O)c1ccc(C)cc1. The number of allylic oxidation sites excluding steroid dienone is 2. The number of ether oxygens (including phenoxy) is 1. The molecule has 2 aromatic carbocycles. The van der Waals surface area contributed by atoms with Crippen LogP contribution in [0.15, 0.2) is 78.3 Å². The van der Waals surface area contributed by atoms with Crippen molar-refractivity contribution in [2.45, 2.75) is 32.9 Å². The summed E-state index contributed by atoms with van der Waals surface area (Å²) in [4.78, 5) is 38.6. The first-order valence-corrected chi connectivity index (χ1v) is 10.8. The number of rotatable bonds is 11. The standard InChI is InChI=1S/C26H31N3O5/c1-19-10-12-22(13-11-19)23(16-25(31)32)27-26(33)28(3)20(2)24(34-4)14-15-29(18-30)17-21-8-6-5-7-9-21/h5-15,18,23H,16-17H2,1-4H3,(H,27,33)(H,31,32)/b15-14-,24-20-. The molecule has 0 saturated carbocycles. The summed E-state index contributed by atoms with van der Waals surface area (Å²) in [5, 5.41) is 12.1. The maximum Gasteiger partial charge on any atom is 0.321 e. The Labute approximate surface area is 200 Å². The fraction of sp³-hybridized carbons (Fsp3) is 0.269. The highest BCUT2D eigenvalue weighted by molar-refractivity contribution is 5.77.